The third kappa shape index (κ3) is 5.29. The number of nitrogens with one attached hydrogen (secondary N) is 1. The van der Waals surface area contributed by atoms with Gasteiger partial charge in [0, 0.05) is 17.9 Å². The van der Waals surface area contributed by atoms with Crippen molar-refractivity contribution in [2.75, 3.05) is 23.8 Å². The van der Waals surface area contributed by atoms with Crippen LogP contribution in [0.2, 0.25) is 0 Å². The summed E-state index contributed by atoms with van der Waals surface area (Å²) in [4.78, 5) is 11.3. The number of imidazole rings is 1. The topological polar surface area (TPSA) is 147 Å². The summed E-state index contributed by atoms with van der Waals surface area (Å²) < 4.78 is 38.6. The summed E-state index contributed by atoms with van der Waals surface area (Å²) in [5.74, 6) is 1.86. The summed E-state index contributed by atoms with van der Waals surface area (Å²) in [7, 11) is -0.713. The maximum absolute atomic E-state index is 13.5. The van der Waals surface area contributed by atoms with Gasteiger partial charge in [-0.3, -0.25) is 13.6 Å². The Hall–Kier alpha value is -1.64. The molecule has 0 aliphatic carbocycles. The van der Waals surface area contributed by atoms with Crippen molar-refractivity contribution in [3.63, 3.8) is 0 Å². The molecule has 4 heterocycles. The number of phosphoric ester groups is 1. The molecule has 1 aromatic carbocycles. The van der Waals surface area contributed by atoms with E-state index in [2.05, 4.69) is 15.0 Å². The number of aliphatic hydroxyl groups is 1. The molecule has 0 radical (unpaired) electrons. The SMILES string of the molecule is Nc1nc2c(ncn2[C@H]2C[C@H](O)[C@@H](COP(=O)(Oc3ccccc3)OC3CSSC3)O2)c(=S)[nH]1. The molecule has 2 aliphatic rings. The van der Waals surface area contributed by atoms with E-state index in [-0.39, 0.29) is 25.1 Å². The fraction of sp³-hybridized carbons (Fsp3) is 0.421. The first kappa shape index (κ1) is 24.1. The molecule has 2 fully saturated rings. The predicted molar refractivity (Wildman–Crippen MR) is 132 cm³/mol. The molecule has 2 aliphatic heterocycles. The third-order valence-electron chi connectivity index (χ3n) is 5.19. The summed E-state index contributed by atoms with van der Waals surface area (Å²) in [5, 5.41) is 10.6. The van der Waals surface area contributed by atoms with E-state index >= 15 is 0 Å². The number of fused-ring (bicyclic) bond motifs is 1. The van der Waals surface area contributed by atoms with E-state index < -0.39 is 26.3 Å². The van der Waals surface area contributed by atoms with Gasteiger partial charge in [0.25, 0.3) is 0 Å². The summed E-state index contributed by atoms with van der Waals surface area (Å²) >= 11 is 5.25. The van der Waals surface area contributed by atoms with Crippen molar-refractivity contribution in [3.05, 3.63) is 41.3 Å². The lowest BCUT2D eigenvalue weighted by Gasteiger charge is -2.23. The number of aliphatic hydroxyl groups excluding tert-OH is 1. The second kappa shape index (κ2) is 10.2. The smallest absolute Gasteiger partial charge is 0.404 e. The van der Waals surface area contributed by atoms with Crippen LogP contribution in [0.3, 0.4) is 0 Å². The highest BCUT2D eigenvalue weighted by Crippen LogP contribution is 2.53. The lowest BCUT2D eigenvalue weighted by atomic mass is 10.2. The van der Waals surface area contributed by atoms with E-state index in [4.69, 9.17) is 36.3 Å². The number of ether oxygens (including phenoxy) is 1. The first-order valence-corrected chi connectivity index (χ1v) is 14.7. The lowest BCUT2D eigenvalue weighted by molar-refractivity contribution is -0.0442. The monoisotopic (exact) mass is 543 g/mol. The number of rotatable bonds is 8. The first-order valence-electron chi connectivity index (χ1n) is 10.4. The second-order valence-electron chi connectivity index (χ2n) is 7.65. The molecule has 2 saturated heterocycles. The van der Waals surface area contributed by atoms with Crippen molar-refractivity contribution < 1.29 is 28.0 Å². The van der Waals surface area contributed by atoms with Gasteiger partial charge in [0.15, 0.2) is 5.65 Å². The largest absolute Gasteiger partial charge is 0.530 e. The normalized spacial score (nSPS) is 25.0. The molecule has 4 N–H and O–H groups in total. The lowest BCUT2D eigenvalue weighted by Crippen LogP contribution is -2.27. The summed E-state index contributed by atoms with van der Waals surface area (Å²) in [6.45, 7) is -0.197. The molecule has 0 amide bonds. The minimum atomic E-state index is -3.99. The highest BCUT2D eigenvalue weighted by Gasteiger charge is 2.40. The summed E-state index contributed by atoms with van der Waals surface area (Å²) in [6, 6.07) is 8.68. The molecule has 182 valence electrons. The van der Waals surface area contributed by atoms with Crippen LogP contribution < -0.4 is 10.3 Å². The average molecular weight is 544 g/mol. The number of hydrogen-bond donors (Lipinski definition) is 3. The van der Waals surface area contributed by atoms with Gasteiger partial charge in [-0.2, -0.15) is 4.98 Å². The Bertz CT molecular complexity index is 1250. The highest BCUT2D eigenvalue weighted by atomic mass is 33.1. The highest BCUT2D eigenvalue weighted by molar-refractivity contribution is 8.77. The van der Waals surface area contributed by atoms with E-state index in [1.54, 1.807) is 50.4 Å². The fourth-order valence-electron chi connectivity index (χ4n) is 3.58. The molecular weight excluding hydrogens is 521 g/mol. The molecule has 0 spiro atoms. The van der Waals surface area contributed by atoms with E-state index in [1.807, 2.05) is 6.07 Å². The number of nitrogens with zero attached hydrogens (tertiary/aromatic N) is 3. The van der Waals surface area contributed by atoms with Crippen molar-refractivity contribution in [3.8, 4) is 5.75 Å². The van der Waals surface area contributed by atoms with Gasteiger partial charge in [0.2, 0.25) is 5.95 Å². The Kier molecular flexibility index (Phi) is 7.19. The quantitative estimate of drug-likeness (QED) is 0.216. The Morgan fingerprint density at radius 1 is 1.32 bits per heavy atom. The number of aromatic amines is 1. The molecule has 0 bridgehead atoms. The number of anilines is 1. The number of benzene rings is 1. The zero-order valence-corrected chi connectivity index (χ0v) is 21.0. The molecule has 15 heteroatoms. The maximum Gasteiger partial charge on any atom is 0.530 e. The number of H-pyrrole nitrogens is 1. The first-order chi connectivity index (χ1) is 16.4. The molecule has 0 saturated carbocycles. The van der Waals surface area contributed by atoms with Gasteiger partial charge >= 0.3 is 7.82 Å². The minimum absolute atomic E-state index is 0.150. The Balaban J connectivity index is 1.30. The Morgan fingerprint density at radius 3 is 2.85 bits per heavy atom. The van der Waals surface area contributed by atoms with Crippen LogP contribution in [-0.4, -0.2) is 61.1 Å². The molecule has 3 aromatic rings. The third-order valence-corrected chi connectivity index (χ3v) is 9.44. The van der Waals surface area contributed by atoms with E-state index in [0.29, 0.717) is 33.1 Å². The van der Waals surface area contributed by atoms with Gasteiger partial charge in [0.05, 0.1) is 25.1 Å². The fourth-order valence-corrected chi connectivity index (χ4v) is 7.92. The molecule has 34 heavy (non-hydrogen) atoms. The van der Waals surface area contributed by atoms with Crippen LogP contribution in [0.4, 0.5) is 5.95 Å². The second-order valence-corrected chi connectivity index (χ2v) is 12.2. The van der Waals surface area contributed by atoms with E-state index in [9.17, 15) is 9.67 Å². The van der Waals surface area contributed by atoms with E-state index in [0.717, 1.165) is 0 Å². The average Bonchev–Trinajstić information content (AvgIpc) is 3.53. The molecule has 5 rings (SSSR count). The predicted octanol–water partition coefficient (Wildman–Crippen LogP) is 3.70. The number of aromatic nitrogens is 4. The molecule has 1 unspecified atom stereocenters. The number of nitrogens with two attached hydrogens (primary N) is 1. The maximum atomic E-state index is 13.5. The summed E-state index contributed by atoms with van der Waals surface area (Å²) in [5.41, 5.74) is 6.70. The van der Waals surface area contributed by atoms with Crippen LogP contribution in [0, 0.1) is 4.64 Å². The van der Waals surface area contributed by atoms with Gasteiger partial charge in [-0.15, -0.1) is 0 Å². The van der Waals surface area contributed by atoms with Gasteiger partial charge in [-0.05, 0) is 12.1 Å². The van der Waals surface area contributed by atoms with Crippen molar-refractivity contribution in [1.82, 2.24) is 19.5 Å². The van der Waals surface area contributed by atoms with Crippen LogP contribution in [0.1, 0.15) is 12.6 Å². The number of phosphoric acid groups is 1. The summed E-state index contributed by atoms with van der Waals surface area (Å²) in [6.07, 6.45) is -0.751. The molecular formula is C19H22N5O6PS3. The number of para-hydroxylation sites is 1. The van der Waals surface area contributed by atoms with Gasteiger partial charge < -0.3 is 25.1 Å². The van der Waals surface area contributed by atoms with Gasteiger partial charge in [-0.25, -0.2) is 9.55 Å². The Labute approximate surface area is 207 Å². The van der Waals surface area contributed by atoms with Crippen molar-refractivity contribution in [2.24, 2.45) is 0 Å². The van der Waals surface area contributed by atoms with Crippen molar-refractivity contribution >= 4 is 58.7 Å². The van der Waals surface area contributed by atoms with Crippen molar-refractivity contribution in [2.45, 2.75) is 31.0 Å². The Morgan fingerprint density at radius 2 is 2.09 bits per heavy atom. The zero-order valence-electron chi connectivity index (χ0n) is 17.7. The number of nitrogen functional groups attached to an aromatic ring is 1. The van der Waals surface area contributed by atoms with Crippen LogP contribution in [0.15, 0.2) is 36.7 Å². The molecule has 11 nitrogen and oxygen atoms in total. The van der Waals surface area contributed by atoms with Crippen LogP contribution in [-0.2, 0) is 18.3 Å². The van der Waals surface area contributed by atoms with Crippen molar-refractivity contribution in [1.29, 1.82) is 0 Å². The zero-order chi connectivity index (χ0) is 23.7. The van der Waals surface area contributed by atoms with Crippen LogP contribution in [0.25, 0.3) is 11.2 Å². The minimum Gasteiger partial charge on any atom is -0.404 e. The van der Waals surface area contributed by atoms with Gasteiger partial charge in [-0.1, -0.05) is 52.0 Å². The van der Waals surface area contributed by atoms with E-state index in [1.165, 1.54) is 6.33 Å². The molecule has 2 aromatic heterocycles. The standard InChI is InChI=1S/C19H22N5O6PS3/c20-19-22-17-16(18(32)23-19)21-10-24(17)15-6-13(25)14(28-15)7-27-31(26,30-12-8-33-34-9-12)29-11-4-2-1-3-5-11/h1-5,10,12-15,25H,6-9H2,(H3,20,22,23,32)/t13-,14+,15+,31?/m0/s1. The van der Waals surface area contributed by atoms with Gasteiger partial charge in [0.1, 0.15) is 28.2 Å². The van der Waals surface area contributed by atoms with Crippen LogP contribution in [0.5, 0.6) is 5.75 Å². The molecule has 4 atom stereocenters. The van der Waals surface area contributed by atoms with Crippen LogP contribution >= 0.6 is 41.6 Å². The number of hydrogen-bond acceptors (Lipinski definition) is 12.